The zero-order chi connectivity index (χ0) is 41.5. The number of aliphatic carboxylic acids is 1. The Labute approximate surface area is 349 Å². The molecule has 326 valence electrons. The molecule has 0 aromatic rings. The van der Waals surface area contributed by atoms with Crippen molar-refractivity contribution in [2.24, 2.45) is 0 Å². The van der Waals surface area contributed by atoms with E-state index in [0.717, 1.165) is 0 Å². The van der Waals surface area contributed by atoms with Gasteiger partial charge in [-0.05, 0) is 34.1 Å². The molecule has 5 fully saturated rings. The molecule has 5 aliphatic heterocycles. The van der Waals surface area contributed by atoms with Crippen molar-refractivity contribution >= 4 is 5.97 Å². The van der Waals surface area contributed by atoms with Crippen molar-refractivity contribution in [2.45, 2.75) is 195 Å². The molecule has 5 rings (SSSR count). The van der Waals surface area contributed by atoms with Gasteiger partial charge in [0.05, 0.1) is 30.4 Å². The van der Waals surface area contributed by atoms with Crippen LogP contribution in [0.15, 0.2) is 0 Å². The molecule has 25 atom stereocenters. The molecule has 0 aromatic heterocycles. The van der Waals surface area contributed by atoms with Gasteiger partial charge in [-0.1, -0.05) is 6.92 Å². The van der Waals surface area contributed by atoms with Crippen LogP contribution < -0.4 is 34.7 Å². The van der Waals surface area contributed by atoms with E-state index < -0.39 is 159 Å². The van der Waals surface area contributed by atoms with E-state index in [-0.39, 0.29) is 36.2 Å². The Morgan fingerprint density at radius 3 is 1.60 bits per heavy atom. The van der Waals surface area contributed by atoms with Gasteiger partial charge in [0.25, 0.3) is 0 Å². The van der Waals surface area contributed by atoms with E-state index in [2.05, 4.69) is 0 Å². The fourth-order valence-electron chi connectivity index (χ4n) is 7.14. The predicted octanol–water partition coefficient (Wildman–Crippen LogP) is -10.6. The van der Waals surface area contributed by atoms with E-state index in [1.807, 2.05) is 0 Å². The van der Waals surface area contributed by atoms with Gasteiger partial charge in [0.15, 0.2) is 31.5 Å². The molecule has 0 radical (unpaired) electrons. The topological polar surface area (TPSA) is 355 Å². The number of aliphatic hydroxyl groups is 11. The fourth-order valence-corrected chi connectivity index (χ4v) is 7.14. The number of hydrogen-bond donors (Lipinski definition) is 11. The van der Waals surface area contributed by atoms with Crippen molar-refractivity contribution in [3.63, 3.8) is 0 Å². The van der Waals surface area contributed by atoms with Crippen molar-refractivity contribution in [1.29, 1.82) is 0 Å². The average Bonchev–Trinajstić information content (AvgIpc) is 3.43. The molecule has 57 heavy (non-hydrogen) atoms. The Kier molecular flexibility index (Phi) is 17.9. The summed E-state index contributed by atoms with van der Waals surface area (Å²) in [5.41, 5.74) is 0. The van der Waals surface area contributed by atoms with Gasteiger partial charge in [0.1, 0.15) is 97.7 Å². The first-order valence-corrected chi connectivity index (χ1v) is 18.5. The molecule has 0 amide bonds. The van der Waals surface area contributed by atoms with E-state index in [1.54, 1.807) is 6.92 Å². The molecule has 0 unspecified atom stereocenters. The minimum atomic E-state index is -2.32. The number of aliphatic hydroxyl groups excluding tert-OH is 11. The van der Waals surface area contributed by atoms with Gasteiger partial charge >= 0.3 is 29.6 Å². The van der Waals surface area contributed by atoms with Crippen molar-refractivity contribution in [2.75, 3.05) is 6.61 Å². The maximum Gasteiger partial charge on any atom is 1.00 e. The summed E-state index contributed by atoms with van der Waals surface area (Å²) >= 11 is 0. The van der Waals surface area contributed by atoms with Crippen molar-refractivity contribution in [3.8, 4) is 0 Å². The Morgan fingerprint density at radius 2 is 1.02 bits per heavy atom. The first-order valence-electron chi connectivity index (χ1n) is 18.5. The smallest absolute Gasteiger partial charge is 0.547 e. The number of carbonyl (C=O) groups is 1. The number of carboxylic acid groups (broad SMARTS) is 1. The minimum Gasteiger partial charge on any atom is -0.547 e. The zero-order valence-corrected chi connectivity index (χ0v) is 34.2. The summed E-state index contributed by atoms with van der Waals surface area (Å²) in [7, 11) is 0. The maximum absolute atomic E-state index is 12.1. The molecule has 5 heterocycles. The summed E-state index contributed by atoms with van der Waals surface area (Å²) in [4.78, 5) is 12.1. The number of ether oxygens (including phenoxy) is 10. The minimum absolute atomic E-state index is 0. The largest absolute Gasteiger partial charge is 1.00 e. The zero-order valence-electron chi connectivity index (χ0n) is 32.2. The molecule has 0 aromatic carbocycles. The number of hydrogen-bond acceptors (Lipinski definition) is 23. The van der Waals surface area contributed by atoms with Crippen LogP contribution in [0.5, 0.6) is 0 Å². The van der Waals surface area contributed by atoms with Crippen LogP contribution >= 0.6 is 0 Å². The summed E-state index contributed by atoms with van der Waals surface area (Å²) in [5, 5.41) is 131. The van der Waals surface area contributed by atoms with Crippen LogP contribution in [0.2, 0.25) is 0 Å². The Morgan fingerprint density at radius 1 is 0.544 bits per heavy atom. The van der Waals surface area contributed by atoms with Gasteiger partial charge < -0.3 is 113 Å². The summed E-state index contributed by atoms with van der Waals surface area (Å²) in [6.07, 6.45) is -42.7. The van der Waals surface area contributed by atoms with E-state index in [1.165, 1.54) is 27.7 Å². The third-order valence-electron chi connectivity index (χ3n) is 10.5. The summed E-state index contributed by atoms with van der Waals surface area (Å²) in [5.74, 6) is -2.03. The normalized spacial score (nSPS) is 51.2. The maximum atomic E-state index is 12.1. The first-order chi connectivity index (χ1) is 26.3. The van der Waals surface area contributed by atoms with Crippen LogP contribution in [0.1, 0.15) is 41.0 Å². The molecule has 0 aliphatic carbocycles. The summed E-state index contributed by atoms with van der Waals surface area (Å²) in [6, 6.07) is 0. The van der Waals surface area contributed by atoms with Crippen LogP contribution in [-0.2, 0) is 52.2 Å². The Bertz CT molecular complexity index is 1270. The molecule has 5 saturated heterocycles. The third kappa shape index (κ3) is 10.5. The standard InChI is InChI=1S/C33H56O23.Na/c1-6-7-47-29-21(44)23(13(36)10(4)48-29)52-33-27(24(14(37)11(5)50-33)53-30-19(42)15(38)12(35)9(3)49-30)56-32-26(17(40)16(39)25(54-32)28(45)46)55-31-20(43)18(41)22(51-31)8(2)34;/h8-27,29-44H,6-7H2,1-5H3,(H,45,46);/q;+1/p-1/t8-,9-,10-,11-,12+,13+,14+,15+,16+,17+,18+,19-,20+,21-,22-,23+,24+,25+,26-,27-,29+,30-,31+,32-,33-;/m1./s1. The predicted molar refractivity (Wildman–Crippen MR) is 173 cm³/mol. The van der Waals surface area contributed by atoms with E-state index >= 15 is 0 Å². The second kappa shape index (κ2) is 20.7. The van der Waals surface area contributed by atoms with E-state index in [4.69, 9.17) is 47.4 Å². The first kappa shape index (κ1) is 49.3. The molecule has 0 spiro atoms. The van der Waals surface area contributed by atoms with Gasteiger partial charge in [-0.15, -0.1) is 0 Å². The third-order valence-corrected chi connectivity index (χ3v) is 10.5. The number of carbonyl (C=O) groups excluding carboxylic acids is 1. The van der Waals surface area contributed by atoms with Crippen molar-refractivity contribution in [3.05, 3.63) is 0 Å². The number of rotatable bonds is 13. The van der Waals surface area contributed by atoms with Crippen LogP contribution in [0.25, 0.3) is 0 Å². The second-order valence-electron chi connectivity index (χ2n) is 14.8. The molecule has 24 heteroatoms. The number of carboxylic acids is 1. The van der Waals surface area contributed by atoms with Crippen LogP contribution in [0, 0.1) is 0 Å². The Balaban J connectivity index is 0.00000720. The second-order valence-corrected chi connectivity index (χ2v) is 14.8. The van der Waals surface area contributed by atoms with E-state index in [0.29, 0.717) is 6.42 Å². The Hall–Kier alpha value is -0.370. The molecule has 0 saturated carbocycles. The SMILES string of the molecule is CCCO[C@H]1O[C@H](C)[C@H](O)[C@H](O[C@H]2O[C@H](C)[C@H](O)[C@H](O[C@H]3O[C@H](C)[C@H](O)[C@H](O)[C@H]3O)[C@H]2O[C@H]2O[C@H](C(=O)[O-])[C@@H](O)[C@H](O)[C@H]2O[C@@H]2O[C@H]([C@@H](C)O)[C@@H](O)[C@@H]2O)[C@H]1O.[Na+]. The molecule has 5 aliphatic rings. The van der Waals surface area contributed by atoms with E-state index in [9.17, 15) is 66.1 Å². The van der Waals surface area contributed by atoms with Gasteiger partial charge in [-0.2, -0.15) is 0 Å². The quantitative estimate of drug-likeness (QED) is 0.0767. The fraction of sp³-hybridized carbons (Fsp3) is 0.970. The summed E-state index contributed by atoms with van der Waals surface area (Å²) in [6.45, 7) is 7.38. The van der Waals surface area contributed by atoms with Crippen LogP contribution in [-0.4, -0.2) is 222 Å². The molecule has 11 N–H and O–H groups in total. The van der Waals surface area contributed by atoms with Gasteiger partial charge in [-0.25, -0.2) is 0 Å². The van der Waals surface area contributed by atoms with Crippen LogP contribution in [0.3, 0.4) is 0 Å². The van der Waals surface area contributed by atoms with Gasteiger partial charge in [-0.3, -0.25) is 0 Å². The summed E-state index contributed by atoms with van der Waals surface area (Å²) < 4.78 is 57.7. The molecule has 23 nitrogen and oxygen atoms in total. The molecule has 0 bridgehead atoms. The average molecular weight is 843 g/mol. The molecular weight excluding hydrogens is 787 g/mol. The van der Waals surface area contributed by atoms with Crippen LogP contribution in [0.4, 0.5) is 0 Å². The molecular formula is C33H55NaO23. The van der Waals surface area contributed by atoms with Crippen molar-refractivity contribution in [1.82, 2.24) is 0 Å². The van der Waals surface area contributed by atoms with Crippen molar-refractivity contribution < 1.29 is 143 Å². The monoisotopic (exact) mass is 842 g/mol. The van der Waals surface area contributed by atoms with Gasteiger partial charge in [0, 0.05) is 6.61 Å². The van der Waals surface area contributed by atoms with Gasteiger partial charge in [0.2, 0.25) is 0 Å².